The smallest absolute Gasteiger partial charge is 0.423 e. The van der Waals surface area contributed by atoms with Gasteiger partial charge in [0.1, 0.15) is 11.6 Å². The highest BCUT2D eigenvalue weighted by Crippen LogP contribution is 2.19. The molecule has 1 aromatic heterocycles. The van der Waals surface area contributed by atoms with Crippen molar-refractivity contribution in [3.05, 3.63) is 75.6 Å². The number of rotatable bonds is 5. The molecule has 1 heterocycles. The van der Waals surface area contributed by atoms with Gasteiger partial charge >= 0.3 is 7.12 Å². The monoisotopic (exact) mass is 373 g/mol. The Kier molecular flexibility index (Phi) is 5.65. The summed E-state index contributed by atoms with van der Waals surface area (Å²) in [5.41, 5.74) is 4.75. The van der Waals surface area contributed by atoms with Crippen LogP contribution in [-0.4, -0.2) is 33.3 Å². The molecule has 8 nitrogen and oxygen atoms in total. The minimum Gasteiger partial charge on any atom is -0.423 e. The first-order chi connectivity index (χ1) is 13.5. The number of nitrogens with zero attached hydrogens (tertiary/aromatic N) is 3. The molecule has 9 heteroatoms. The second-order valence-corrected chi connectivity index (χ2v) is 5.98. The molecular weight excluding hydrogens is 357 g/mol. The van der Waals surface area contributed by atoms with E-state index in [-0.39, 0.29) is 17.2 Å². The zero-order chi connectivity index (χ0) is 20.1. The third kappa shape index (κ3) is 4.15. The van der Waals surface area contributed by atoms with E-state index in [1.165, 1.54) is 6.21 Å². The van der Waals surface area contributed by atoms with Crippen LogP contribution < -0.4 is 16.4 Å². The fourth-order valence-corrected chi connectivity index (χ4v) is 2.56. The van der Waals surface area contributed by atoms with Gasteiger partial charge in [-0.2, -0.15) is 10.4 Å². The predicted octanol–water partition coefficient (Wildman–Crippen LogP) is 0.743. The molecule has 0 radical (unpaired) electrons. The van der Waals surface area contributed by atoms with E-state index in [0.29, 0.717) is 16.6 Å². The molecule has 0 fully saturated rings. The molecule has 28 heavy (non-hydrogen) atoms. The molecule has 0 saturated heterocycles. The van der Waals surface area contributed by atoms with Gasteiger partial charge in [0.05, 0.1) is 11.9 Å². The highest BCUT2D eigenvalue weighted by atomic mass is 16.4. The molecular formula is C19H16BN5O3. The first-order valence-electron chi connectivity index (χ1n) is 8.35. The number of nitriles is 1. The lowest BCUT2D eigenvalue weighted by Gasteiger charge is -2.07. The fourth-order valence-electron chi connectivity index (χ4n) is 2.56. The van der Waals surface area contributed by atoms with E-state index < -0.39 is 12.7 Å². The van der Waals surface area contributed by atoms with Crippen LogP contribution in [0, 0.1) is 18.3 Å². The lowest BCUT2D eigenvalue weighted by Crippen LogP contribution is -2.30. The minimum atomic E-state index is -1.58. The number of hydrogen-bond acceptors (Lipinski definition) is 7. The van der Waals surface area contributed by atoms with Crippen LogP contribution in [0.15, 0.2) is 58.4 Å². The number of nitrogens with one attached hydrogen (secondary N) is 2. The zero-order valence-electron chi connectivity index (χ0n) is 14.9. The van der Waals surface area contributed by atoms with Gasteiger partial charge in [-0.1, -0.05) is 48.5 Å². The van der Waals surface area contributed by atoms with Crippen LogP contribution in [0.3, 0.4) is 0 Å². The lowest BCUT2D eigenvalue weighted by molar-refractivity contribution is 0.426. The van der Waals surface area contributed by atoms with E-state index in [2.05, 4.69) is 20.5 Å². The summed E-state index contributed by atoms with van der Waals surface area (Å²) < 4.78 is 0. The van der Waals surface area contributed by atoms with Crippen molar-refractivity contribution < 1.29 is 10.0 Å². The Labute approximate surface area is 161 Å². The molecule has 0 unspecified atom stereocenters. The number of aromatic nitrogens is 2. The summed E-state index contributed by atoms with van der Waals surface area (Å²) in [6, 6.07) is 15.7. The zero-order valence-corrected chi connectivity index (χ0v) is 14.9. The molecule has 0 saturated carbocycles. The first-order valence-corrected chi connectivity index (χ1v) is 8.35. The van der Waals surface area contributed by atoms with E-state index >= 15 is 0 Å². The highest BCUT2D eigenvalue weighted by molar-refractivity contribution is 6.58. The summed E-state index contributed by atoms with van der Waals surface area (Å²) in [5, 5.41) is 31.9. The quantitative estimate of drug-likeness (QED) is 0.296. The molecule has 3 aromatic rings. The standard InChI is InChI=1S/C19H16BN5O3/c1-12-7-8-15(20(27)28)9-14(12)11-22-25-19-23-17(13-5-3-2-4-6-13)16(10-21)18(26)24-19/h2-9,11,27-28H,1H3,(H2,23,24,25,26). The Balaban J connectivity index is 1.91. The molecule has 0 bridgehead atoms. The molecule has 0 spiro atoms. The van der Waals surface area contributed by atoms with Crippen LogP contribution in [0.2, 0.25) is 0 Å². The van der Waals surface area contributed by atoms with Crippen LogP contribution in [0.1, 0.15) is 16.7 Å². The van der Waals surface area contributed by atoms with Crippen molar-refractivity contribution in [1.29, 1.82) is 5.26 Å². The summed E-state index contributed by atoms with van der Waals surface area (Å²) in [6.45, 7) is 1.85. The van der Waals surface area contributed by atoms with E-state index in [1.807, 2.05) is 19.1 Å². The Morgan fingerprint density at radius 2 is 2.00 bits per heavy atom. The molecule has 138 valence electrons. The van der Waals surface area contributed by atoms with Gasteiger partial charge in [-0.05, 0) is 23.5 Å². The Morgan fingerprint density at radius 1 is 1.25 bits per heavy atom. The number of H-pyrrole nitrogens is 1. The molecule has 0 aliphatic heterocycles. The molecule has 0 aliphatic rings. The Bertz CT molecular complexity index is 1120. The van der Waals surface area contributed by atoms with Gasteiger partial charge < -0.3 is 10.0 Å². The molecule has 0 amide bonds. The first kappa shape index (κ1) is 19.0. The summed E-state index contributed by atoms with van der Waals surface area (Å²) >= 11 is 0. The number of aromatic amines is 1. The van der Waals surface area contributed by atoms with Gasteiger partial charge in [0, 0.05) is 5.56 Å². The maximum absolute atomic E-state index is 12.2. The predicted molar refractivity (Wildman–Crippen MR) is 107 cm³/mol. The Hall–Kier alpha value is -3.74. The van der Waals surface area contributed by atoms with Crippen LogP contribution in [-0.2, 0) is 0 Å². The van der Waals surface area contributed by atoms with Gasteiger partial charge in [-0.25, -0.2) is 10.4 Å². The summed E-state index contributed by atoms with van der Waals surface area (Å²) in [5.74, 6) is 0.0788. The summed E-state index contributed by atoms with van der Waals surface area (Å²) in [6.07, 6.45) is 1.47. The van der Waals surface area contributed by atoms with Gasteiger partial charge in [-0.3, -0.25) is 9.78 Å². The number of hydrazone groups is 1. The third-order valence-electron chi connectivity index (χ3n) is 4.05. The Morgan fingerprint density at radius 3 is 2.68 bits per heavy atom. The van der Waals surface area contributed by atoms with Crippen molar-refractivity contribution in [1.82, 2.24) is 9.97 Å². The van der Waals surface area contributed by atoms with Gasteiger partial charge in [0.15, 0.2) is 0 Å². The van der Waals surface area contributed by atoms with Crippen LogP contribution in [0.25, 0.3) is 11.3 Å². The average Bonchev–Trinajstić information content (AvgIpc) is 2.69. The maximum atomic E-state index is 12.2. The van der Waals surface area contributed by atoms with Gasteiger partial charge in [-0.15, -0.1) is 0 Å². The number of hydrogen-bond donors (Lipinski definition) is 4. The van der Waals surface area contributed by atoms with Gasteiger partial charge in [0.2, 0.25) is 5.95 Å². The van der Waals surface area contributed by atoms with Crippen molar-refractivity contribution in [2.24, 2.45) is 5.10 Å². The normalized spacial score (nSPS) is 10.6. The minimum absolute atomic E-state index is 0.0788. The molecule has 0 aliphatic carbocycles. The largest absolute Gasteiger partial charge is 0.488 e. The van der Waals surface area contributed by atoms with Crippen molar-refractivity contribution in [3.63, 3.8) is 0 Å². The number of anilines is 1. The number of aryl methyl sites for hydroxylation is 1. The molecule has 0 atom stereocenters. The molecule has 2 aromatic carbocycles. The summed E-state index contributed by atoms with van der Waals surface area (Å²) in [4.78, 5) is 19.0. The lowest BCUT2D eigenvalue weighted by atomic mass is 9.79. The molecule has 3 rings (SSSR count). The molecule has 4 N–H and O–H groups in total. The second kappa shape index (κ2) is 8.31. The van der Waals surface area contributed by atoms with Crippen molar-refractivity contribution in [2.75, 3.05) is 5.43 Å². The second-order valence-electron chi connectivity index (χ2n) is 5.98. The van der Waals surface area contributed by atoms with E-state index in [1.54, 1.807) is 42.5 Å². The summed E-state index contributed by atoms with van der Waals surface area (Å²) in [7, 11) is -1.58. The fraction of sp³-hybridized carbons (Fsp3) is 0.0526. The topological polar surface area (TPSA) is 134 Å². The van der Waals surface area contributed by atoms with E-state index in [0.717, 1.165) is 5.56 Å². The van der Waals surface area contributed by atoms with Crippen molar-refractivity contribution >= 4 is 24.7 Å². The third-order valence-corrected chi connectivity index (χ3v) is 4.05. The number of benzene rings is 2. The van der Waals surface area contributed by atoms with Gasteiger partial charge in [0.25, 0.3) is 5.56 Å². The highest BCUT2D eigenvalue weighted by Gasteiger charge is 2.13. The van der Waals surface area contributed by atoms with Crippen molar-refractivity contribution in [2.45, 2.75) is 6.92 Å². The van der Waals surface area contributed by atoms with E-state index in [4.69, 9.17) is 0 Å². The van der Waals surface area contributed by atoms with Crippen LogP contribution in [0.4, 0.5) is 5.95 Å². The van der Waals surface area contributed by atoms with Crippen LogP contribution >= 0.6 is 0 Å². The SMILES string of the molecule is Cc1ccc(B(O)O)cc1C=NNc1nc(-c2ccccc2)c(C#N)c(=O)[nH]1. The average molecular weight is 373 g/mol. The van der Waals surface area contributed by atoms with Crippen LogP contribution in [0.5, 0.6) is 0 Å². The van der Waals surface area contributed by atoms with E-state index in [9.17, 15) is 20.1 Å². The van der Waals surface area contributed by atoms with Crippen molar-refractivity contribution in [3.8, 4) is 17.3 Å². The maximum Gasteiger partial charge on any atom is 0.488 e.